The molecule has 16 heavy (non-hydrogen) atoms. The SMILES string of the molecule is N[C@H](c1ccc(C(=O)O)cc1)c1cccs1. The zero-order valence-electron chi connectivity index (χ0n) is 8.46. The number of carbonyl (C=O) groups is 1. The molecule has 82 valence electrons. The lowest BCUT2D eigenvalue weighted by Gasteiger charge is -2.09. The molecule has 0 bridgehead atoms. The molecule has 0 saturated heterocycles. The Labute approximate surface area is 97.2 Å². The lowest BCUT2D eigenvalue weighted by molar-refractivity contribution is 0.0697. The number of thiophene rings is 1. The van der Waals surface area contributed by atoms with Crippen molar-refractivity contribution in [2.45, 2.75) is 6.04 Å². The Kier molecular flexibility index (Phi) is 3.03. The van der Waals surface area contributed by atoms with Crippen LogP contribution in [0.3, 0.4) is 0 Å². The minimum absolute atomic E-state index is 0.178. The Morgan fingerprint density at radius 2 is 1.94 bits per heavy atom. The van der Waals surface area contributed by atoms with Crippen molar-refractivity contribution in [3.05, 3.63) is 57.8 Å². The zero-order valence-corrected chi connectivity index (χ0v) is 9.28. The van der Waals surface area contributed by atoms with Gasteiger partial charge in [0.15, 0.2) is 0 Å². The summed E-state index contributed by atoms with van der Waals surface area (Å²) in [6.07, 6.45) is 0. The molecule has 0 saturated carbocycles. The standard InChI is InChI=1S/C12H11NO2S/c13-11(10-2-1-7-16-10)8-3-5-9(6-4-8)12(14)15/h1-7,11H,13H2,(H,14,15)/t11-/m1/s1. The molecule has 0 amide bonds. The van der Waals surface area contributed by atoms with E-state index in [0.29, 0.717) is 0 Å². The molecule has 2 aromatic rings. The van der Waals surface area contributed by atoms with Gasteiger partial charge in [-0.05, 0) is 29.1 Å². The van der Waals surface area contributed by atoms with Gasteiger partial charge in [0.2, 0.25) is 0 Å². The van der Waals surface area contributed by atoms with E-state index in [9.17, 15) is 4.79 Å². The molecule has 2 rings (SSSR count). The van der Waals surface area contributed by atoms with Gasteiger partial charge in [0.25, 0.3) is 0 Å². The highest BCUT2D eigenvalue weighted by atomic mass is 32.1. The predicted molar refractivity (Wildman–Crippen MR) is 63.8 cm³/mol. The summed E-state index contributed by atoms with van der Waals surface area (Å²) in [5.74, 6) is -0.920. The first-order valence-corrected chi connectivity index (χ1v) is 5.68. The van der Waals surface area contributed by atoms with Crippen LogP contribution in [0.1, 0.15) is 26.8 Å². The quantitative estimate of drug-likeness (QED) is 0.856. The topological polar surface area (TPSA) is 63.3 Å². The molecule has 0 spiro atoms. The molecule has 1 atom stereocenters. The Morgan fingerprint density at radius 1 is 1.25 bits per heavy atom. The molecular formula is C12H11NO2S. The summed E-state index contributed by atoms with van der Waals surface area (Å²) in [6, 6.07) is 10.4. The minimum atomic E-state index is -0.920. The first-order chi connectivity index (χ1) is 7.68. The molecule has 0 aliphatic rings. The van der Waals surface area contributed by atoms with E-state index >= 15 is 0 Å². The monoisotopic (exact) mass is 233 g/mol. The van der Waals surface area contributed by atoms with E-state index in [4.69, 9.17) is 10.8 Å². The van der Waals surface area contributed by atoms with Crippen LogP contribution in [0, 0.1) is 0 Å². The van der Waals surface area contributed by atoms with Crippen molar-refractivity contribution in [2.75, 3.05) is 0 Å². The van der Waals surface area contributed by atoms with E-state index in [2.05, 4.69) is 0 Å². The third-order valence-corrected chi connectivity index (χ3v) is 3.32. The van der Waals surface area contributed by atoms with Crippen molar-refractivity contribution in [2.24, 2.45) is 5.73 Å². The predicted octanol–water partition coefficient (Wildman–Crippen LogP) is 2.49. The lowest BCUT2D eigenvalue weighted by Crippen LogP contribution is -2.10. The first kappa shape index (κ1) is 10.9. The van der Waals surface area contributed by atoms with Gasteiger partial charge in [0.1, 0.15) is 0 Å². The second-order valence-electron chi connectivity index (χ2n) is 3.42. The van der Waals surface area contributed by atoms with Crippen molar-refractivity contribution in [3.63, 3.8) is 0 Å². The highest BCUT2D eigenvalue weighted by Crippen LogP contribution is 2.23. The van der Waals surface area contributed by atoms with Crippen LogP contribution in [0.15, 0.2) is 41.8 Å². The van der Waals surface area contributed by atoms with Crippen LogP contribution in [0.5, 0.6) is 0 Å². The number of carboxylic acids is 1. The van der Waals surface area contributed by atoms with Crippen molar-refractivity contribution in [1.82, 2.24) is 0 Å². The van der Waals surface area contributed by atoms with Gasteiger partial charge < -0.3 is 10.8 Å². The maximum Gasteiger partial charge on any atom is 0.335 e. The number of hydrogen-bond acceptors (Lipinski definition) is 3. The van der Waals surface area contributed by atoms with E-state index in [0.717, 1.165) is 10.4 Å². The maximum atomic E-state index is 10.7. The van der Waals surface area contributed by atoms with Crippen LogP contribution in [-0.2, 0) is 0 Å². The number of rotatable bonds is 3. The lowest BCUT2D eigenvalue weighted by atomic mass is 10.0. The van der Waals surface area contributed by atoms with Crippen LogP contribution in [0.25, 0.3) is 0 Å². The van der Waals surface area contributed by atoms with Crippen molar-refractivity contribution < 1.29 is 9.90 Å². The summed E-state index contributed by atoms with van der Waals surface area (Å²) < 4.78 is 0. The molecule has 0 radical (unpaired) electrons. The minimum Gasteiger partial charge on any atom is -0.478 e. The number of aromatic carboxylic acids is 1. The van der Waals surface area contributed by atoms with E-state index in [1.807, 2.05) is 17.5 Å². The van der Waals surface area contributed by atoms with Gasteiger partial charge in [-0.3, -0.25) is 0 Å². The third kappa shape index (κ3) is 2.13. The van der Waals surface area contributed by atoms with E-state index in [-0.39, 0.29) is 11.6 Å². The number of hydrogen-bond donors (Lipinski definition) is 2. The average molecular weight is 233 g/mol. The summed E-state index contributed by atoms with van der Waals surface area (Å²) in [5.41, 5.74) is 7.25. The van der Waals surface area contributed by atoms with Crippen LogP contribution >= 0.6 is 11.3 Å². The smallest absolute Gasteiger partial charge is 0.335 e. The van der Waals surface area contributed by atoms with Gasteiger partial charge >= 0.3 is 5.97 Å². The van der Waals surface area contributed by atoms with Crippen LogP contribution in [-0.4, -0.2) is 11.1 Å². The molecule has 0 fully saturated rings. The molecule has 1 aromatic carbocycles. The first-order valence-electron chi connectivity index (χ1n) is 4.80. The van der Waals surface area contributed by atoms with Gasteiger partial charge in [-0.25, -0.2) is 4.79 Å². The molecule has 0 aliphatic heterocycles. The summed E-state index contributed by atoms with van der Waals surface area (Å²) >= 11 is 1.60. The molecule has 3 nitrogen and oxygen atoms in total. The van der Waals surface area contributed by atoms with Crippen molar-refractivity contribution >= 4 is 17.3 Å². The molecule has 4 heteroatoms. The highest BCUT2D eigenvalue weighted by molar-refractivity contribution is 7.10. The van der Waals surface area contributed by atoms with Crippen molar-refractivity contribution in [3.8, 4) is 0 Å². The second kappa shape index (κ2) is 4.47. The average Bonchev–Trinajstić information content (AvgIpc) is 2.81. The van der Waals surface area contributed by atoms with Gasteiger partial charge in [-0.1, -0.05) is 18.2 Å². The van der Waals surface area contributed by atoms with Gasteiger partial charge in [0.05, 0.1) is 11.6 Å². The molecule has 0 unspecified atom stereocenters. The molecule has 3 N–H and O–H groups in total. The van der Waals surface area contributed by atoms with Gasteiger partial charge in [-0.15, -0.1) is 11.3 Å². The van der Waals surface area contributed by atoms with Gasteiger partial charge in [-0.2, -0.15) is 0 Å². The van der Waals surface area contributed by atoms with Gasteiger partial charge in [0, 0.05) is 4.88 Å². The summed E-state index contributed by atoms with van der Waals surface area (Å²) in [4.78, 5) is 11.8. The Bertz CT molecular complexity index is 476. The highest BCUT2D eigenvalue weighted by Gasteiger charge is 2.10. The normalized spacial score (nSPS) is 12.3. The summed E-state index contributed by atoms with van der Waals surface area (Å²) in [7, 11) is 0. The fourth-order valence-corrected chi connectivity index (χ4v) is 2.22. The number of nitrogens with two attached hydrogens (primary N) is 1. The fraction of sp³-hybridized carbons (Fsp3) is 0.0833. The Balaban J connectivity index is 2.25. The van der Waals surface area contributed by atoms with Crippen LogP contribution in [0.4, 0.5) is 0 Å². The van der Waals surface area contributed by atoms with Crippen LogP contribution < -0.4 is 5.73 Å². The summed E-state index contributed by atoms with van der Waals surface area (Å²) in [6.45, 7) is 0. The number of carboxylic acid groups (broad SMARTS) is 1. The largest absolute Gasteiger partial charge is 0.478 e. The van der Waals surface area contributed by atoms with E-state index < -0.39 is 5.97 Å². The summed E-state index contributed by atoms with van der Waals surface area (Å²) in [5, 5.41) is 10.7. The third-order valence-electron chi connectivity index (χ3n) is 2.37. The molecular weight excluding hydrogens is 222 g/mol. The maximum absolute atomic E-state index is 10.7. The molecule has 1 aromatic heterocycles. The molecule has 1 heterocycles. The zero-order chi connectivity index (χ0) is 11.5. The van der Waals surface area contributed by atoms with Crippen LogP contribution in [0.2, 0.25) is 0 Å². The Hall–Kier alpha value is -1.65. The van der Waals surface area contributed by atoms with E-state index in [1.54, 1.807) is 35.6 Å². The van der Waals surface area contributed by atoms with E-state index in [1.165, 1.54) is 0 Å². The van der Waals surface area contributed by atoms with Crippen molar-refractivity contribution in [1.29, 1.82) is 0 Å². The fourth-order valence-electron chi connectivity index (χ4n) is 1.47. The Morgan fingerprint density at radius 3 is 2.44 bits per heavy atom. The molecule has 0 aliphatic carbocycles. The number of benzene rings is 1. The second-order valence-corrected chi connectivity index (χ2v) is 4.40.